The molecular weight excluding hydrogens is 427 g/mol. The van der Waals surface area contributed by atoms with Crippen molar-refractivity contribution in [1.82, 2.24) is 15.1 Å². The summed E-state index contributed by atoms with van der Waals surface area (Å²) >= 11 is 18.7. The van der Waals surface area contributed by atoms with Crippen LogP contribution in [-0.2, 0) is 11.3 Å². The Morgan fingerprint density at radius 1 is 1.41 bits per heavy atom. The van der Waals surface area contributed by atoms with Gasteiger partial charge in [0.1, 0.15) is 4.88 Å². The Balaban J connectivity index is 1.55. The first kappa shape index (κ1) is 19.9. The normalized spacial score (nSPS) is 10.8. The van der Waals surface area contributed by atoms with Crippen LogP contribution in [0.5, 0.6) is 0 Å². The van der Waals surface area contributed by atoms with E-state index < -0.39 is 5.97 Å². The number of fused-ring (bicyclic) bond motifs is 1. The van der Waals surface area contributed by atoms with Crippen molar-refractivity contribution in [3.8, 4) is 0 Å². The predicted octanol–water partition coefficient (Wildman–Crippen LogP) is 4.57. The lowest BCUT2D eigenvalue weighted by Gasteiger charge is -2.10. The molecule has 27 heavy (non-hydrogen) atoms. The number of hydrogen-bond donors (Lipinski definition) is 2. The molecule has 3 rings (SSSR count). The highest BCUT2D eigenvalue weighted by atomic mass is 35.5. The molecule has 0 atom stereocenters. The van der Waals surface area contributed by atoms with Gasteiger partial charge in [-0.1, -0.05) is 23.2 Å². The second-order valence-corrected chi connectivity index (χ2v) is 7.88. The van der Waals surface area contributed by atoms with Gasteiger partial charge in [0.25, 0.3) is 0 Å². The number of carbonyl (C=O) groups excluding carboxylic acids is 1. The summed E-state index contributed by atoms with van der Waals surface area (Å²) in [4.78, 5) is 12.2. The van der Waals surface area contributed by atoms with E-state index in [0.717, 1.165) is 28.7 Å². The van der Waals surface area contributed by atoms with Gasteiger partial charge in [0, 0.05) is 35.1 Å². The molecule has 0 amide bonds. The van der Waals surface area contributed by atoms with Crippen LogP contribution >= 0.6 is 46.8 Å². The largest absolute Gasteiger partial charge is 0.465 e. The summed E-state index contributed by atoms with van der Waals surface area (Å²) in [6, 6.07) is 5.62. The van der Waals surface area contributed by atoms with Gasteiger partial charge in [-0.15, -0.1) is 11.3 Å². The standard InChI is InChI=1S/C17H16Cl2N4O2S2/c1-25-16(24)15-14(19)12-4-3-11(7-13(12)27-15)22-17(26)20-5-2-6-23-9-10(18)8-21-23/h3-4,7-9H,2,5-6H2,1H3,(H2,20,22,26). The molecule has 0 aliphatic heterocycles. The van der Waals surface area contributed by atoms with Crippen molar-refractivity contribution in [2.45, 2.75) is 13.0 Å². The minimum atomic E-state index is -0.439. The van der Waals surface area contributed by atoms with Crippen molar-refractivity contribution >= 4 is 73.6 Å². The van der Waals surface area contributed by atoms with Gasteiger partial charge in [-0.2, -0.15) is 5.10 Å². The van der Waals surface area contributed by atoms with Crippen LogP contribution in [0.2, 0.25) is 10.0 Å². The van der Waals surface area contributed by atoms with E-state index in [9.17, 15) is 4.79 Å². The molecule has 0 bridgehead atoms. The first-order valence-corrected chi connectivity index (χ1v) is 9.99. The average molecular weight is 443 g/mol. The van der Waals surface area contributed by atoms with Gasteiger partial charge in [0.05, 0.1) is 23.4 Å². The highest BCUT2D eigenvalue weighted by Gasteiger charge is 2.17. The Kier molecular flexibility index (Phi) is 6.54. The molecule has 3 aromatic rings. The lowest BCUT2D eigenvalue weighted by atomic mass is 10.2. The lowest BCUT2D eigenvalue weighted by molar-refractivity contribution is 0.0606. The fraction of sp³-hybridized carbons (Fsp3) is 0.235. The lowest BCUT2D eigenvalue weighted by Crippen LogP contribution is -2.29. The monoisotopic (exact) mass is 442 g/mol. The number of halogens is 2. The SMILES string of the molecule is COC(=O)c1sc2cc(NC(=S)NCCCn3cc(Cl)cn3)ccc2c1Cl. The number of hydrogen-bond acceptors (Lipinski definition) is 5. The van der Waals surface area contributed by atoms with Crippen LogP contribution in [0, 0.1) is 0 Å². The number of thiocarbonyl (C=S) groups is 1. The summed E-state index contributed by atoms with van der Waals surface area (Å²) < 4.78 is 7.42. The van der Waals surface area contributed by atoms with E-state index in [0.29, 0.717) is 26.6 Å². The van der Waals surface area contributed by atoms with Gasteiger partial charge in [0.2, 0.25) is 0 Å². The minimum absolute atomic E-state index is 0.394. The Morgan fingerprint density at radius 2 is 2.22 bits per heavy atom. The van der Waals surface area contributed by atoms with Crippen molar-refractivity contribution in [3.63, 3.8) is 0 Å². The predicted molar refractivity (Wildman–Crippen MR) is 114 cm³/mol. The van der Waals surface area contributed by atoms with E-state index in [2.05, 4.69) is 15.7 Å². The number of carbonyl (C=O) groups is 1. The van der Waals surface area contributed by atoms with Crippen LogP contribution in [0.3, 0.4) is 0 Å². The molecule has 10 heteroatoms. The zero-order chi connectivity index (χ0) is 19.4. The van der Waals surface area contributed by atoms with Crippen LogP contribution in [0.1, 0.15) is 16.1 Å². The molecule has 2 N–H and O–H groups in total. The molecule has 1 aromatic carbocycles. The molecule has 0 aliphatic carbocycles. The van der Waals surface area contributed by atoms with E-state index in [1.807, 2.05) is 18.2 Å². The Morgan fingerprint density at radius 3 is 2.93 bits per heavy atom. The number of nitrogens with zero attached hydrogens (tertiary/aromatic N) is 2. The summed E-state index contributed by atoms with van der Waals surface area (Å²) in [5, 5.41) is 12.8. The summed E-state index contributed by atoms with van der Waals surface area (Å²) in [5.74, 6) is -0.439. The van der Waals surface area contributed by atoms with E-state index in [1.165, 1.54) is 18.4 Å². The number of nitrogens with one attached hydrogen (secondary N) is 2. The molecular formula is C17H16Cl2N4O2S2. The third-order valence-electron chi connectivity index (χ3n) is 3.71. The zero-order valence-corrected chi connectivity index (χ0v) is 17.4. The highest BCUT2D eigenvalue weighted by molar-refractivity contribution is 7.80. The summed E-state index contributed by atoms with van der Waals surface area (Å²) in [7, 11) is 1.33. The van der Waals surface area contributed by atoms with Crippen LogP contribution < -0.4 is 10.6 Å². The van der Waals surface area contributed by atoms with Gasteiger partial charge >= 0.3 is 5.97 Å². The third kappa shape index (κ3) is 4.90. The number of ether oxygens (including phenoxy) is 1. The molecule has 2 heterocycles. The summed E-state index contributed by atoms with van der Waals surface area (Å²) in [5.41, 5.74) is 0.813. The molecule has 142 valence electrons. The molecule has 0 fully saturated rings. The van der Waals surface area contributed by atoms with Gasteiger partial charge in [-0.05, 0) is 36.8 Å². The smallest absolute Gasteiger partial charge is 0.349 e. The topological polar surface area (TPSA) is 68.2 Å². The zero-order valence-electron chi connectivity index (χ0n) is 14.3. The number of rotatable bonds is 6. The van der Waals surface area contributed by atoms with Crippen LogP contribution in [0.15, 0.2) is 30.6 Å². The van der Waals surface area contributed by atoms with Crippen molar-refractivity contribution in [2.75, 3.05) is 19.0 Å². The molecule has 0 aliphatic rings. The maximum Gasteiger partial charge on any atom is 0.349 e. The number of anilines is 1. The maximum absolute atomic E-state index is 11.8. The first-order valence-electron chi connectivity index (χ1n) is 8.01. The minimum Gasteiger partial charge on any atom is -0.465 e. The number of esters is 1. The van der Waals surface area contributed by atoms with Gasteiger partial charge in [-0.25, -0.2) is 4.79 Å². The molecule has 2 aromatic heterocycles. The van der Waals surface area contributed by atoms with Crippen molar-refractivity contribution in [3.05, 3.63) is 45.5 Å². The van der Waals surface area contributed by atoms with Crippen LogP contribution in [0.4, 0.5) is 5.69 Å². The molecule has 0 unspecified atom stereocenters. The highest BCUT2D eigenvalue weighted by Crippen LogP contribution is 2.37. The van der Waals surface area contributed by atoms with Crippen molar-refractivity contribution < 1.29 is 9.53 Å². The van der Waals surface area contributed by atoms with Crippen molar-refractivity contribution in [1.29, 1.82) is 0 Å². The fourth-order valence-electron chi connectivity index (χ4n) is 2.45. The third-order valence-corrected chi connectivity index (χ3v) is 5.79. The van der Waals surface area contributed by atoms with Gasteiger partial charge < -0.3 is 15.4 Å². The van der Waals surface area contributed by atoms with E-state index in [-0.39, 0.29) is 0 Å². The summed E-state index contributed by atoms with van der Waals surface area (Å²) in [6.45, 7) is 1.45. The van der Waals surface area contributed by atoms with Crippen LogP contribution in [-0.4, -0.2) is 34.5 Å². The Hall–Kier alpha value is -1.87. The number of methoxy groups -OCH3 is 1. The first-order chi connectivity index (χ1) is 13.0. The second-order valence-electron chi connectivity index (χ2n) is 5.60. The quantitative estimate of drug-likeness (QED) is 0.331. The maximum atomic E-state index is 11.8. The second kappa shape index (κ2) is 8.88. The number of thiophene rings is 1. The Labute approximate surface area is 175 Å². The van der Waals surface area contributed by atoms with E-state index in [4.69, 9.17) is 40.2 Å². The van der Waals surface area contributed by atoms with Gasteiger partial charge in [-0.3, -0.25) is 4.68 Å². The summed E-state index contributed by atoms with van der Waals surface area (Å²) in [6.07, 6.45) is 4.24. The molecule has 0 saturated heterocycles. The molecule has 0 radical (unpaired) electrons. The van der Waals surface area contributed by atoms with E-state index in [1.54, 1.807) is 17.1 Å². The van der Waals surface area contributed by atoms with E-state index >= 15 is 0 Å². The van der Waals surface area contributed by atoms with Crippen LogP contribution in [0.25, 0.3) is 10.1 Å². The molecule has 0 spiro atoms. The Bertz CT molecular complexity index is 987. The molecule has 6 nitrogen and oxygen atoms in total. The molecule has 0 saturated carbocycles. The average Bonchev–Trinajstić information content (AvgIpc) is 3.21. The van der Waals surface area contributed by atoms with Gasteiger partial charge in [0.15, 0.2) is 5.11 Å². The number of benzene rings is 1. The fourth-order valence-corrected chi connectivity index (χ4v) is 4.29. The number of aromatic nitrogens is 2. The number of aryl methyl sites for hydroxylation is 1. The van der Waals surface area contributed by atoms with Crippen molar-refractivity contribution in [2.24, 2.45) is 0 Å².